The third kappa shape index (κ3) is 8.09. The van der Waals surface area contributed by atoms with Crippen molar-refractivity contribution in [3.8, 4) is 5.75 Å². The molecule has 43 heavy (non-hydrogen) atoms. The number of carbonyl (C=O) groups is 2. The fourth-order valence-corrected chi connectivity index (χ4v) is 6.02. The van der Waals surface area contributed by atoms with E-state index in [4.69, 9.17) is 9.84 Å². The molecule has 4 rings (SSSR count). The number of carbonyl (C=O) groups excluding carboxylic acids is 1. The third-order valence-electron chi connectivity index (χ3n) is 7.44. The quantitative estimate of drug-likeness (QED) is 0.316. The SMILES string of the molecule is C[C@@H]1CN([C@@H](C)CO)C(=O)Cc2cc(NS(=O)(=O)c3ccc(F)cc3)ccc2O[C@H]1CN(C)Cc1ccc(C(=O)O)cc1. The third-order valence-corrected chi connectivity index (χ3v) is 8.83. The molecule has 12 heteroatoms. The Hall–Kier alpha value is -4.00. The first-order valence-electron chi connectivity index (χ1n) is 13.9. The van der Waals surface area contributed by atoms with Gasteiger partial charge in [-0.15, -0.1) is 0 Å². The van der Waals surface area contributed by atoms with Crippen molar-refractivity contribution in [3.05, 3.63) is 89.2 Å². The van der Waals surface area contributed by atoms with Crippen molar-refractivity contribution in [1.82, 2.24) is 9.80 Å². The minimum atomic E-state index is -4.02. The summed E-state index contributed by atoms with van der Waals surface area (Å²) in [4.78, 5) is 28.2. The molecule has 230 valence electrons. The molecular weight excluding hydrogens is 577 g/mol. The highest BCUT2D eigenvalue weighted by Crippen LogP contribution is 2.30. The van der Waals surface area contributed by atoms with Gasteiger partial charge in [-0.2, -0.15) is 0 Å². The van der Waals surface area contributed by atoms with Crippen LogP contribution in [0.4, 0.5) is 10.1 Å². The molecule has 0 aromatic heterocycles. The van der Waals surface area contributed by atoms with E-state index < -0.39 is 27.9 Å². The molecule has 0 fully saturated rings. The van der Waals surface area contributed by atoms with Crippen molar-refractivity contribution in [1.29, 1.82) is 0 Å². The number of fused-ring (bicyclic) bond motifs is 1. The predicted octanol–water partition coefficient (Wildman–Crippen LogP) is 3.61. The van der Waals surface area contributed by atoms with Crippen molar-refractivity contribution in [2.24, 2.45) is 5.92 Å². The Bertz CT molecular complexity index is 1550. The number of likely N-dealkylation sites (N-methyl/N-ethyl adjacent to an activating group) is 1. The maximum absolute atomic E-state index is 13.5. The minimum absolute atomic E-state index is 0.0724. The molecule has 0 radical (unpaired) electrons. The lowest BCUT2D eigenvalue weighted by molar-refractivity contribution is -0.134. The van der Waals surface area contributed by atoms with Crippen molar-refractivity contribution in [2.45, 2.75) is 43.9 Å². The van der Waals surface area contributed by atoms with Gasteiger partial charge in [-0.3, -0.25) is 14.4 Å². The fraction of sp³-hybridized carbons (Fsp3) is 0.355. The van der Waals surface area contributed by atoms with E-state index in [-0.39, 0.29) is 47.1 Å². The Labute approximate surface area is 250 Å². The van der Waals surface area contributed by atoms with Crippen LogP contribution in [-0.4, -0.2) is 79.2 Å². The van der Waals surface area contributed by atoms with Crippen LogP contribution in [0, 0.1) is 11.7 Å². The number of benzene rings is 3. The molecule has 10 nitrogen and oxygen atoms in total. The summed E-state index contributed by atoms with van der Waals surface area (Å²) in [6.07, 6.45) is -0.458. The largest absolute Gasteiger partial charge is 0.488 e. The average molecular weight is 614 g/mol. The van der Waals surface area contributed by atoms with Crippen LogP contribution < -0.4 is 9.46 Å². The van der Waals surface area contributed by atoms with Gasteiger partial charge in [0.05, 0.1) is 29.5 Å². The second-order valence-electron chi connectivity index (χ2n) is 11.0. The van der Waals surface area contributed by atoms with Gasteiger partial charge < -0.3 is 19.8 Å². The zero-order valence-electron chi connectivity index (χ0n) is 24.2. The number of aliphatic hydroxyl groups excluding tert-OH is 1. The topological polar surface area (TPSA) is 136 Å². The Kier molecular flexibility index (Phi) is 10.0. The Balaban J connectivity index is 1.60. The van der Waals surface area contributed by atoms with Crippen LogP contribution in [0.25, 0.3) is 0 Å². The Morgan fingerprint density at radius 1 is 1.14 bits per heavy atom. The molecule has 0 spiro atoms. The number of carboxylic acid groups (broad SMARTS) is 1. The van der Waals surface area contributed by atoms with Crippen LogP contribution in [0.2, 0.25) is 0 Å². The molecule has 1 amide bonds. The molecule has 0 unspecified atom stereocenters. The monoisotopic (exact) mass is 613 g/mol. The molecule has 0 saturated carbocycles. The summed E-state index contributed by atoms with van der Waals surface area (Å²) in [6, 6.07) is 15.4. The minimum Gasteiger partial charge on any atom is -0.488 e. The molecule has 1 aliphatic rings. The second kappa shape index (κ2) is 13.5. The standard InChI is InChI=1S/C31H36FN3O7S/c1-20-16-35(21(2)19-36)30(37)15-24-14-26(33-43(40,41)27-11-8-25(32)9-12-27)10-13-28(24)42-29(20)18-34(3)17-22-4-6-23(7-5-22)31(38)39/h4-14,20-21,29,33,36H,15-19H2,1-3H3,(H,38,39)/t20-,21+,29+/m1/s1. The Morgan fingerprint density at radius 2 is 1.81 bits per heavy atom. The molecule has 0 aliphatic carbocycles. The number of aliphatic hydroxyl groups is 1. The number of rotatable bonds is 10. The van der Waals surface area contributed by atoms with Crippen LogP contribution in [-0.2, 0) is 27.8 Å². The highest BCUT2D eigenvalue weighted by molar-refractivity contribution is 7.92. The molecule has 3 aromatic rings. The number of sulfonamides is 1. The average Bonchev–Trinajstić information content (AvgIpc) is 3.00. The van der Waals surface area contributed by atoms with Crippen LogP contribution in [0.5, 0.6) is 5.75 Å². The first kappa shape index (κ1) is 31.9. The molecule has 1 aliphatic heterocycles. The van der Waals surface area contributed by atoms with E-state index in [0.717, 1.165) is 17.7 Å². The van der Waals surface area contributed by atoms with Crippen LogP contribution >= 0.6 is 0 Å². The van der Waals surface area contributed by atoms with E-state index in [1.165, 1.54) is 12.1 Å². The number of hydrogen-bond acceptors (Lipinski definition) is 7. The number of nitrogens with one attached hydrogen (secondary N) is 1. The van der Waals surface area contributed by atoms with Crippen molar-refractivity contribution >= 4 is 27.6 Å². The van der Waals surface area contributed by atoms with E-state index >= 15 is 0 Å². The van der Waals surface area contributed by atoms with Gasteiger partial charge in [0.15, 0.2) is 0 Å². The first-order chi connectivity index (χ1) is 20.4. The summed E-state index contributed by atoms with van der Waals surface area (Å²) in [7, 11) is -2.10. The summed E-state index contributed by atoms with van der Waals surface area (Å²) < 4.78 is 48.2. The van der Waals surface area contributed by atoms with E-state index in [2.05, 4.69) is 4.72 Å². The van der Waals surface area contributed by atoms with Crippen molar-refractivity contribution in [2.75, 3.05) is 31.5 Å². The number of amides is 1. The first-order valence-corrected chi connectivity index (χ1v) is 15.3. The Morgan fingerprint density at radius 3 is 2.44 bits per heavy atom. The number of aromatic carboxylic acids is 1. The summed E-state index contributed by atoms with van der Waals surface area (Å²) in [5.74, 6) is -1.48. The smallest absolute Gasteiger partial charge is 0.335 e. The van der Waals surface area contributed by atoms with Crippen LogP contribution in [0.1, 0.15) is 35.3 Å². The zero-order chi connectivity index (χ0) is 31.3. The van der Waals surface area contributed by atoms with E-state index in [9.17, 15) is 27.5 Å². The molecule has 3 aromatic carbocycles. The lowest BCUT2D eigenvalue weighted by Gasteiger charge is -2.34. The van der Waals surface area contributed by atoms with E-state index in [0.29, 0.717) is 30.9 Å². The lowest BCUT2D eigenvalue weighted by atomic mass is 10.0. The van der Waals surface area contributed by atoms with Gasteiger partial charge in [-0.05, 0) is 74.1 Å². The van der Waals surface area contributed by atoms with Crippen LogP contribution in [0.3, 0.4) is 0 Å². The maximum Gasteiger partial charge on any atom is 0.335 e. The number of ether oxygens (including phenoxy) is 1. The molecule has 3 N–H and O–H groups in total. The van der Waals surface area contributed by atoms with Gasteiger partial charge in [0.1, 0.15) is 17.7 Å². The molecular formula is C31H36FN3O7S. The zero-order valence-corrected chi connectivity index (χ0v) is 25.1. The van der Waals surface area contributed by atoms with Gasteiger partial charge >= 0.3 is 5.97 Å². The van der Waals surface area contributed by atoms with Gasteiger partial charge in [0.2, 0.25) is 5.91 Å². The normalized spacial score (nSPS) is 18.2. The number of hydrogen-bond donors (Lipinski definition) is 3. The fourth-order valence-electron chi connectivity index (χ4n) is 4.97. The highest BCUT2D eigenvalue weighted by atomic mass is 32.2. The van der Waals surface area contributed by atoms with Gasteiger partial charge in [-0.25, -0.2) is 17.6 Å². The summed E-state index contributed by atoms with van der Waals surface area (Å²) >= 11 is 0. The van der Waals surface area contributed by atoms with Gasteiger partial charge in [0, 0.05) is 36.8 Å². The molecule has 0 saturated heterocycles. The second-order valence-corrected chi connectivity index (χ2v) is 12.7. The summed E-state index contributed by atoms with van der Waals surface area (Å²) in [6.45, 7) is 4.85. The maximum atomic E-state index is 13.5. The summed E-state index contributed by atoms with van der Waals surface area (Å²) in [5.41, 5.74) is 1.82. The van der Waals surface area contributed by atoms with Crippen molar-refractivity contribution in [3.63, 3.8) is 0 Å². The molecule has 1 heterocycles. The number of carboxylic acids is 1. The molecule has 3 atom stereocenters. The number of nitrogens with zero attached hydrogens (tertiary/aromatic N) is 2. The van der Waals surface area contributed by atoms with E-state index in [1.54, 1.807) is 54.3 Å². The van der Waals surface area contributed by atoms with Crippen LogP contribution in [0.15, 0.2) is 71.6 Å². The van der Waals surface area contributed by atoms with E-state index in [1.807, 2.05) is 18.9 Å². The number of halogens is 1. The van der Waals surface area contributed by atoms with Gasteiger partial charge in [0.25, 0.3) is 10.0 Å². The van der Waals surface area contributed by atoms with Crippen molar-refractivity contribution < 1.29 is 37.3 Å². The summed E-state index contributed by atoms with van der Waals surface area (Å²) in [5, 5.41) is 19.0. The molecule has 0 bridgehead atoms. The number of anilines is 1. The highest BCUT2D eigenvalue weighted by Gasteiger charge is 2.31. The van der Waals surface area contributed by atoms with Gasteiger partial charge in [-0.1, -0.05) is 19.1 Å². The lowest BCUT2D eigenvalue weighted by Crippen LogP contribution is -2.47. The predicted molar refractivity (Wildman–Crippen MR) is 159 cm³/mol.